The number of halogens is 1. The molecule has 1 amide bonds. The number of carbonyl (C=O) groups excluding carboxylic acids is 1. The van der Waals surface area contributed by atoms with E-state index in [1.807, 2.05) is 19.1 Å². The van der Waals surface area contributed by atoms with E-state index >= 15 is 0 Å². The number of amides is 1. The van der Waals surface area contributed by atoms with Crippen LogP contribution in [0.2, 0.25) is 0 Å². The summed E-state index contributed by atoms with van der Waals surface area (Å²) in [5, 5.41) is 11.5. The second-order valence-corrected chi connectivity index (χ2v) is 5.21. The van der Waals surface area contributed by atoms with Crippen LogP contribution in [0.3, 0.4) is 0 Å². The number of aromatic carboxylic acids is 1. The highest BCUT2D eigenvalue weighted by atomic mass is 79.9. The number of carbonyl (C=O) groups is 2. The Kier molecular flexibility index (Phi) is 4.20. The molecule has 0 saturated carbocycles. The van der Waals surface area contributed by atoms with E-state index in [9.17, 15) is 9.59 Å². The van der Waals surface area contributed by atoms with E-state index in [2.05, 4.69) is 21.2 Å². The molecule has 0 fully saturated rings. The predicted molar refractivity (Wildman–Crippen MR) is 80.2 cm³/mol. The molecule has 2 aromatic rings. The van der Waals surface area contributed by atoms with Crippen LogP contribution >= 0.6 is 15.9 Å². The molecule has 0 saturated heterocycles. The van der Waals surface area contributed by atoms with Gasteiger partial charge in [-0.15, -0.1) is 0 Å². The first-order chi connectivity index (χ1) is 9.47. The fourth-order valence-corrected chi connectivity index (χ4v) is 2.09. The first-order valence-corrected chi connectivity index (χ1v) is 6.67. The zero-order valence-electron chi connectivity index (χ0n) is 10.7. The van der Waals surface area contributed by atoms with Gasteiger partial charge in [-0.2, -0.15) is 0 Å². The number of hydrogen-bond donors (Lipinski definition) is 2. The number of aryl methyl sites for hydroxylation is 1. The van der Waals surface area contributed by atoms with E-state index in [4.69, 9.17) is 5.11 Å². The third-order valence-electron chi connectivity index (χ3n) is 2.83. The molecule has 0 radical (unpaired) electrons. The average Bonchev–Trinajstić information content (AvgIpc) is 2.42. The highest BCUT2D eigenvalue weighted by Gasteiger charge is 2.10. The number of anilines is 1. The number of nitrogens with one attached hydrogen (secondary N) is 1. The van der Waals surface area contributed by atoms with Gasteiger partial charge in [-0.05, 0) is 48.9 Å². The lowest BCUT2D eigenvalue weighted by Gasteiger charge is -2.08. The number of hydrogen-bond acceptors (Lipinski definition) is 2. The van der Waals surface area contributed by atoms with Crippen LogP contribution in [0.1, 0.15) is 26.3 Å². The predicted octanol–water partition coefficient (Wildman–Crippen LogP) is 3.71. The third kappa shape index (κ3) is 3.24. The maximum absolute atomic E-state index is 12.2. The van der Waals surface area contributed by atoms with Crippen molar-refractivity contribution in [2.24, 2.45) is 0 Å². The van der Waals surface area contributed by atoms with Crippen molar-refractivity contribution in [3.63, 3.8) is 0 Å². The fourth-order valence-electron chi connectivity index (χ4n) is 1.73. The van der Waals surface area contributed by atoms with Gasteiger partial charge in [-0.1, -0.05) is 22.0 Å². The van der Waals surface area contributed by atoms with Gasteiger partial charge in [0.2, 0.25) is 0 Å². The summed E-state index contributed by atoms with van der Waals surface area (Å²) in [6.45, 7) is 1.86. The van der Waals surface area contributed by atoms with Crippen LogP contribution in [0, 0.1) is 6.92 Å². The second kappa shape index (κ2) is 5.88. The van der Waals surface area contributed by atoms with Crippen molar-refractivity contribution >= 4 is 33.5 Å². The monoisotopic (exact) mass is 333 g/mol. The molecule has 0 aliphatic rings. The summed E-state index contributed by atoms with van der Waals surface area (Å²) >= 11 is 3.33. The quantitative estimate of drug-likeness (QED) is 0.899. The molecule has 0 bridgehead atoms. The molecular formula is C15H12BrNO3. The largest absolute Gasteiger partial charge is 0.478 e. The van der Waals surface area contributed by atoms with Crippen LogP contribution in [0.25, 0.3) is 0 Å². The van der Waals surface area contributed by atoms with Crippen molar-refractivity contribution in [3.05, 3.63) is 63.6 Å². The van der Waals surface area contributed by atoms with Crippen molar-refractivity contribution in [3.8, 4) is 0 Å². The Morgan fingerprint density at radius 3 is 2.35 bits per heavy atom. The summed E-state index contributed by atoms with van der Waals surface area (Å²) in [6, 6.07) is 11.5. The highest BCUT2D eigenvalue weighted by Crippen LogP contribution is 2.18. The molecule has 0 spiro atoms. The lowest BCUT2D eigenvalue weighted by Crippen LogP contribution is -2.13. The molecule has 0 aliphatic carbocycles. The smallest absolute Gasteiger partial charge is 0.335 e. The summed E-state index contributed by atoms with van der Waals surface area (Å²) in [4.78, 5) is 22.9. The van der Waals surface area contributed by atoms with Gasteiger partial charge in [-0.25, -0.2) is 4.79 Å². The molecule has 0 heterocycles. The molecule has 0 unspecified atom stereocenters. The van der Waals surface area contributed by atoms with Gasteiger partial charge in [0.25, 0.3) is 5.91 Å². The van der Waals surface area contributed by atoms with Crippen molar-refractivity contribution in [2.75, 3.05) is 5.32 Å². The molecule has 2 aromatic carbocycles. The van der Waals surface area contributed by atoms with E-state index in [1.165, 1.54) is 12.1 Å². The van der Waals surface area contributed by atoms with E-state index in [0.717, 1.165) is 10.0 Å². The van der Waals surface area contributed by atoms with Crippen LogP contribution in [0.5, 0.6) is 0 Å². The molecule has 0 aliphatic heterocycles. The molecule has 0 aromatic heterocycles. The van der Waals surface area contributed by atoms with Crippen LogP contribution in [-0.4, -0.2) is 17.0 Å². The maximum atomic E-state index is 12.2. The zero-order chi connectivity index (χ0) is 14.7. The second-order valence-electron chi connectivity index (χ2n) is 4.30. The first-order valence-electron chi connectivity index (χ1n) is 5.88. The van der Waals surface area contributed by atoms with Gasteiger partial charge in [0.05, 0.1) is 5.56 Å². The molecule has 4 nitrogen and oxygen atoms in total. The van der Waals surface area contributed by atoms with Crippen molar-refractivity contribution in [1.82, 2.24) is 0 Å². The van der Waals surface area contributed by atoms with E-state index < -0.39 is 5.97 Å². The van der Waals surface area contributed by atoms with Gasteiger partial charge in [0.15, 0.2) is 0 Å². The molecular weight excluding hydrogens is 322 g/mol. The lowest BCUT2D eigenvalue weighted by molar-refractivity contribution is 0.0696. The minimum Gasteiger partial charge on any atom is -0.478 e. The van der Waals surface area contributed by atoms with Gasteiger partial charge < -0.3 is 10.4 Å². The van der Waals surface area contributed by atoms with Gasteiger partial charge >= 0.3 is 5.97 Å². The summed E-state index contributed by atoms with van der Waals surface area (Å²) in [6.07, 6.45) is 0. The van der Waals surface area contributed by atoms with Crippen LogP contribution in [0.4, 0.5) is 5.69 Å². The Labute approximate surface area is 124 Å². The average molecular weight is 334 g/mol. The summed E-state index contributed by atoms with van der Waals surface area (Å²) in [5.74, 6) is -1.22. The minimum atomic E-state index is -0.995. The Bertz CT molecular complexity index is 665. The molecule has 2 rings (SSSR count). The third-order valence-corrected chi connectivity index (χ3v) is 3.33. The summed E-state index contributed by atoms with van der Waals surface area (Å²) in [5.41, 5.74) is 2.18. The standard InChI is InChI=1S/C15H12BrNO3/c1-9-2-5-11(16)8-13(9)14(18)17-12-6-3-10(4-7-12)15(19)20/h2-8H,1H3,(H,17,18)(H,19,20). The minimum absolute atomic E-state index is 0.182. The maximum Gasteiger partial charge on any atom is 0.335 e. The van der Waals surface area contributed by atoms with Gasteiger partial charge in [0.1, 0.15) is 0 Å². The Balaban J connectivity index is 2.19. The number of benzene rings is 2. The van der Waals surface area contributed by atoms with Gasteiger partial charge in [-0.3, -0.25) is 4.79 Å². The fraction of sp³-hybridized carbons (Fsp3) is 0.0667. The molecule has 102 valence electrons. The van der Waals surface area contributed by atoms with Gasteiger partial charge in [0, 0.05) is 15.7 Å². The highest BCUT2D eigenvalue weighted by molar-refractivity contribution is 9.10. The Morgan fingerprint density at radius 2 is 1.75 bits per heavy atom. The van der Waals surface area contributed by atoms with Crippen LogP contribution < -0.4 is 5.32 Å². The SMILES string of the molecule is Cc1ccc(Br)cc1C(=O)Nc1ccc(C(=O)O)cc1. The summed E-state index contributed by atoms with van der Waals surface area (Å²) < 4.78 is 0.828. The van der Waals surface area contributed by atoms with Crippen molar-refractivity contribution in [2.45, 2.75) is 6.92 Å². The number of rotatable bonds is 3. The van der Waals surface area contributed by atoms with Crippen molar-refractivity contribution < 1.29 is 14.7 Å². The van der Waals surface area contributed by atoms with Crippen molar-refractivity contribution in [1.29, 1.82) is 0 Å². The van der Waals surface area contributed by atoms with E-state index in [-0.39, 0.29) is 11.5 Å². The normalized spacial score (nSPS) is 10.1. The summed E-state index contributed by atoms with van der Waals surface area (Å²) in [7, 11) is 0. The zero-order valence-corrected chi connectivity index (χ0v) is 12.3. The molecule has 20 heavy (non-hydrogen) atoms. The Morgan fingerprint density at radius 1 is 1.10 bits per heavy atom. The van der Waals surface area contributed by atoms with Crippen LogP contribution in [0.15, 0.2) is 46.9 Å². The molecule has 2 N–H and O–H groups in total. The molecule has 0 atom stereocenters. The lowest BCUT2D eigenvalue weighted by atomic mass is 10.1. The van der Waals surface area contributed by atoms with Crippen LogP contribution in [-0.2, 0) is 0 Å². The Hall–Kier alpha value is -2.14. The molecule has 5 heteroatoms. The number of carboxylic acids is 1. The topological polar surface area (TPSA) is 66.4 Å². The van der Waals surface area contributed by atoms with E-state index in [1.54, 1.807) is 18.2 Å². The van der Waals surface area contributed by atoms with E-state index in [0.29, 0.717) is 11.3 Å². The first kappa shape index (κ1) is 14.3. The number of carboxylic acid groups (broad SMARTS) is 1.